The minimum absolute atomic E-state index is 0.0953. The standard InChI is InChI=1S/C16H13ClN2O4/c1-23-16(22)11-4-2-10(3-5-11)9-18-19-12-6-7-14(17)13(8-12)15(20)21/h2-9,19H,1H3,(H,20,21)/p-1/b18-9-. The number of carbonyl (C=O) groups is 2. The quantitative estimate of drug-likeness (QED) is 0.513. The zero-order valence-corrected chi connectivity index (χ0v) is 12.8. The van der Waals surface area contributed by atoms with Gasteiger partial charge in [-0.05, 0) is 35.9 Å². The molecule has 0 radical (unpaired) electrons. The van der Waals surface area contributed by atoms with Gasteiger partial charge in [0.25, 0.3) is 0 Å². The summed E-state index contributed by atoms with van der Waals surface area (Å²) in [5.41, 5.74) is 4.22. The molecule has 2 aromatic rings. The molecule has 6 nitrogen and oxygen atoms in total. The number of hydrogen-bond acceptors (Lipinski definition) is 6. The highest BCUT2D eigenvalue weighted by molar-refractivity contribution is 6.33. The molecule has 0 saturated carbocycles. The molecular formula is C16H12ClN2O4-. The summed E-state index contributed by atoms with van der Waals surface area (Å²) in [6.45, 7) is 0. The Balaban J connectivity index is 2.06. The second-order valence-electron chi connectivity index (χ2n) is 4.47. The molecule has 0 aliphatic rings. The van der Waals surface area contributed by atoms with E-state index >= 15 is 0 Å². The second-order valence-corrected chi connectivity index (χ2v) is 4.87. The first-order valence-corrected chi connectivity index (χ1v) is 6.87. The van der Waals surface area contributed by atoms with Crippen LogP contribution in [0.3, 0.4) is 0 Å². The molecule has 0 aromatic heterocycles. The maximum Gasteiger partial charge on any atom is 0.337 e. The lowest BCUT2D eigenvalue weighted by molar-refractivity contribution is -0.255. The summed E-state index contributed by atoms with van der Waals surface area (Å²) >= 11 is 5.75. The number of esters is 1. The third kappa shape index (κ3) is 4.31. The van der Waals surface area contributed by atoms with Gasteiger partial charge in [0, 0.05) is 10.6 Å². The Kier molecular flexibility index (Phi) is 5.32. The van der Waals surface area contributed by atoms with Gasteiger partial charge in [0.15, 0.2) is 0 Å². The predicted molar refractivity (Wildman–Crippen MR) is 84.8 cm³/mol. The van der Waals surface area contributed by atoms with Crippen LogP contribution in [-0.4, -0.2) is 25.3 Å². The Labute approximate surface area is 137 Å². The summed E-state index contributed by atoms with van der Waals surface area (Å²) in [5, 5.41) is 15.0. The Morgan fingerprint density at radius 3 is 2.52 bits per heavy atom. The number of hydrogen-bond donors (Lipinski definition) is 1. The van der Waals surface area contributed by atoms with Crippen molar-refractivity contribution in [3.63, 3.8) is 0 Å². The lowest BCUT2D eigenvalue weighted by atomic mass is 10.1. The van der Waals surface area contributed by atoms with Gasteiger partial charge >= 0.3 is 5.97 Å². The van der Waals surface area contributed by atoms with Crippen molar-refractivity contribution < 1.29 is 19.4 Å². The SMILES string of the molecule is COC(=O)c1ccc(/C=N\Nc2ccc(Cl)c(C(=O)[O-])c2)cc1. The third-order valence-electron chi connectivity index (χ3n) is 2.93. The van der Waals surface area contributed by atoms with Crippen molar-refractivity contribution in [2.24, 2.45) is 5.10 Å². The predicted octanol–water partition coefficient (Wildman–Crippen LogP) is 1.94. The van der Waals surface area contributed by atoms with E-state index in [1.54, 1.807) is 30.3 Å². The number of aromatic carboxylic acids is 1. The van der Waals surface area contributed by atoms with Gasteiger partial charge in [-0.1, -0.05) is 23.7 Å². The first kappa shape index (κ1) is 16.5. The fraction of sp³-hybridized carbons (Fsp3) is 0.0625. The van der Waals surface area contributed by atoms with E-state index < -0.39 is 11.9 Å². The molecule has 0 bridgehead atoms. The molecule has 2 rings (SSSR count). The minimum atomic E-state index is -1.36. The highest BCUT2D eigenvalue weighted by atomic mass is 35.5. The van der Waals surface area contributed by atoms with Gasteiger partial charge in [0.05, 0.1) is 30.5 Å². The largest absolute Gasteiger partial charge is 0.545 e. The van der Waals surface area contributed by atoms with Crippen LogP contribution in [0, 0.1) is 0 Å². The monoisotopic (exact) mass is 331 g/mol. The fourth-order valence-electron chi connectivity index (χ4n) is 1.76. The summed E-state index contributed by atoms with van der Waals surface area (Å²) in [7, 11) is 1.31. The molecule has 0 saturated heterocycles. The summed E-state index contributed by atoms with van der Waals surface area (Å²) in [6, 6.07) is 11.0. The highest BCUT2D eigenvalue weighted by Gasteiger charge is 2.04. The van der Waals surface area contributed by atoms with Crippen molar-refractivity contribution in [1.29, 1.82) is 0 Å². The lowest BCUT2D eigenvalue weighted by Gasteiger charge is -2.07. The van der Waals surface area contributed by atoms with Crippen molar-refractivity contribution in [3.8, 4) is 0 Å². The number of rotatable bonds is 5. The first-order valence-electron chi connectivity index (χ1n) is 6.49. The topological polar surface area (TPSA) is 90.8 Å². The van der Waals surface area contributed by atoms with Crippen LogP contribution in [-0.2, 0) is 4.74 Å². The van der Waals surface area contributed by atoms with Gasteiger partial charge in [0.2, 0.25) is 0 Å². The van der Waals surface area contributed by atoms with Crippen molar-refractivity contribution in [2.75, 3.05) is 12.5 Å². The van der Waals surface area contributed by atoms with Crippen LogP contribution in [0.4, 0.5) is 5.69 Å². The second kappa shape index (κ2) is 7.42. The van der Waals surface area contributed by atoms with Crippen LogP contribution in [0.2, 0.25) is 5.02 Å². The van der Waals surface area contributed by atoms with E-state index in [2.05, 4.69) is 15.3 Å². The Bertz CT molecular complexity index is 757. The molecular weight excluding hydrogens is 320 g/mol. The third-order valence-corrected chi connectivity index (χ3v) is 3.25. The van der Waals surface area contributed by atoms with E-state index in [0.717, 1.165) is 5.56 Å². The van der Waals surface area contributed by atoms with Crippen LogP contribution in [0.1, 0.15) is 26.3 Å². The molecule has 7 heteroatoms. The zero-order chi connectivity index (χ0) is 16.8. The summed E-state index contributed by atoms with van der Waals surface area (Å²) < 4.78 is 4.61. The molecule has 0 spiro atoms. The molecule has 1 N–H and O–H groups in total. The number of ether oxygens (including phenoxy) is 1. The normalized spacial score (nSPS) is 10.5. The first-order chi connectivity index (χ1) is 11.0. The van der Waals surface area contributed by atoms with Crippen LogP contribution >= 0.6 is 11.6 Å². The number of carbonyl (C=O) groups excluding carboxylic acids is 2. The average molecular weight is 332 g/mol. The van der Waals surface area contributed by atoms with E-state index in [9.17, 15) is 14.7 Å². The molecule has 2 aromatic carbocycles. The number of benzene rings is 2. The summed E-state index contributed by atoms with van der Waals surface area (Å²) in [6.07, 6.45) is 1.52. The maximum atomic E-state index is 11.3. The van der Waals surface area contributed by atoms with Gasteiger partial charge in [-0.3, -0.25) is 5.43 Å². The van der Waals surface area contributed by atoms with Crippen LogP contribution in [0.5, 0.6) is 0 Å². The molecule has 118 valence electrons. The van der Waals surface area contributed by atoms with Crippen molar-refractivity contribution in [2.45, 2.75) is 0 Å². The van der Waals surface area contributed by atoms with E-state index in [1.807, 2.05) is 0 Å². The number of halogens is 1. The number of carboxylic acids is 1. The van der Waals surface area contributed by atoms with Gasteiger partial charge in [-0.15, -0.1) is 0 Å². The lowest BCUT2D eigenvalue weighted by Crippen LogP contribution is -2.22. The molecule has 0 aliphatic heterocycles. The number of nitrogens with zero attached hydrogens (tertiary/aromatic N) is 1. The van der Waals surface area contributed by atoms with E-state index in [1.165, 1.54) is 25.5 Å². The number of methoxy groups -OCH3 is 1. The highest BCUT2D eigenvalue weighted by Crippen LogP contribution is 2.19. The summed E-state index contributed by atoms with van der Waals surface area (Å²) in [5.74, 6) is -1.77. The molecule has 0 fully saturated rings. The van der Waals surface area contributed by atoms with Crippen LogP contribution in [0.25, 0.3) is 0 Å². The summed E-state index contributed by atoms with van der Waals surface area (Å²) in [4.78, 5) is 22.2. The molecule has 0 heterocycles. The van der Waals surface area contributed by atoms with Crippen molar-refractivity contribution in [1.82, 2.24) is 0 Å². The van der Waals surface area contributed by atoms with Gasteiger partial charge < -0.3 is 14.6 Å². The van der Waals surface area contributed by atoms with E-state index in [4.69, 9.17) is 11.6 Å². The molecule has 0 unspecified atom stereocenters. The Hall–Kier alpha value is -2.86. The molecule has 0 amide bonds. The van der Waals surface area contributed by atoms with E-state index in [0.29, 0.717) is 11.3 Å². The number of anilines is 1. The van der Waals surface area contributed by atoms with Gasteiger partial charge in [-0.25, -0.2) is 4.79 Å². The van der Waals surface area contributed by atoms with Crippen LogP contribution in [0.15, 0.2) is 47.6 Å². The minimum Gasteiger partial charge on any atom is -0.545 e. The number of hydrazone groups is 1. The van der Waals surface area contributed by atoms with Gasteiger partial charge in [-0.2, -0.15) is 5.10 Å². The van der Waals surface area contributed by atoms with Gasteiger partial charge in [0.1, 0.15) is 0 Å². The Morgan fingerprint density at radius 2 is 1.91 bits per heavy atom. The number of carboxylic acid groups (broad SMARTS) is 1. The maximum absolute atomic E-state index is 11.3. The zero-order valence-electron chi connectivity index (χ0n) is 12.1. The van der Waals surface area contributed by atoms with Crippen LogP contribution < -0.4 is 10.5 Å². The molecule has 0 aliphatic carbocycles. The van der Waals surface area contributed by atoms with Crippen molar-refractivity contribution in [3.05, 3.63) is 64.2 Å². The smallest absolute Gasteiger partial charge is 0.337 e. The van der Waals surface area contributed by atoms with Crippen molar-refractivity contribution >= 4 is 35.4 Å². The Morgan fingerprint density at radius 1 is 1.22 bits per heavy atom. The average Bonchev–Trinajstić information content (AvgIpc) is 2.56. The molecule has 0 atom stereocenters. The molecule has 23 heavy (non-hydrogen) atoms. The number of nitrogens with one attached hydrogen (secondary N) is 1. The van der Waals surface area contributed by atoms with E-state index in [-0.39, 0.29) is 10.6 Å². The fourth-order valence-corrected chi connectivity index (χ4v) is 1.95.